The molecule has 0 atom stereocenters. The fourth-order valence-electron chi connectivity index (χ4n) is 4.29. The standard InChI is InChI=1S/C28H23Cl2FN6O4/c1-5-22(38)34-19-9-15(31)6-7-18(19)35-28-32-11-14-8-17(23-24(29)20(40-3)10-21(41-4)25(23)30)27-33-16(13-39-2)12-37(27)26(14)36-28/h5-12H,1,13H2,2-4H3,(H,34,38)(H,32,35,36). The predicted molar refractivity (Wildman–Crippen MR) is 156 cm³/mol. The first-order chi connectivity index (χ1) is 19.8. The molecule has 0 aliphatic heterocycles. The van der Waals surface area contributed by atoms with Gasteiger partial charge >= 0.3 is 0 Å². The van der Waals surface area contributed by atoms with Gasteiger partial charge in [-0.25, -0.2) is 14.4 Å². The number of nitrogens with one attached hydrogen (secondary N) is 2. The number of carbonyl (C=O) groups excluding carboxylic acids is 1. The van der Waals surface area contributed by atoms with Crippen molar-refractivity contribution < 1.29 is 23.4 Å². The number of methoxy groups -OCH3 is 3. The zero-order chi connectivity index (χ0) is 29.3. The number of aromatic nitrogens is 4. The highest BCUT2D eigenvalue weighted by atomic mass is 35.5. The Morgan fingerprint density at radius 3 is 2.44 bits per heavy atom. The van der Waals surface area contributed by atoms with Crippen molar-refractivity contribution in [3.05, 3.63) is 76.9 Å². The van der Waals surface area contributed by atoms with Crippen molar-refractivity contribution in [2.45, 2.75) is 6.61 Å². The van der Waals surface area contributed by atoms with Gasteiger partial charge in [0.05, 0.1) is 47.9 Å². The lowest BCUT2D eigenvalue weighted by Gasteiger charge is -2.16. The number of hydrogen-bond donors (Lipinski definition) is 2. The molecular formula is C28H23Cl2FN6O4. The Bertz CT molecular complexity index is 1800. The summed E-state index contributed by atoms with van der Waals surface area (Å²) in [5.41, 5.74) is 3.24. The second kappa shape index (κ2) is 11.6. The summed E-state index contributed by atoms with van der Waals surface area (Å²) in [6, 6.07) is 7.32. The molecule has 0 aliphatic rings. The van der Waals surface area contributed by atoms with Crippen molar-refractivity contribution in [3.63, 3.8) is 0 Å². The molecule has 0 aliphatic carbocycles. The van der Waals surface area contributed by atoms with Gasteiger partial charge in [0.2, 0.25) is 11.9 Å². The van der Waals surface area contributed by atoms with E-state index in [2.05, 4.69) is 22.2 Å². The van der Waals surface area contributed by atoms with Crippen LogP contribution in [0.1, 0.15) is 5.69 Å². The first kappa shape index (κ1) is 28.1. The Balaban J connectivity index is 1.70. The highest BCUT2D eigenvalue weighted by molar-refractivity contribution is 6.41. The highest BCUT2D eigenvalue weighted by Gasteiger charge is 2.23. The molecule has 3 aromatic heterocycles. The summed E-state index contributed by atoms with van der Waals surface area (Å²) >= 11 is 13.5. The molecule has 5 rings (SSSR count). The smallest absolute Gasteiger partial charge is 0.247 e. The maximum absolute atomic E-state index is 13.9. The van der Waals surface area contributed by atoms with Crippen LogP contribution in [0, 0.1) is 5.82 Å². The van der Waals surface area contributed by atoms with Crippen molar-refractivity contribution in [1.29, 1.82) is 0 Å². The molecular weight excluding hydrogens is 574 g/mol. The molecule has 0 spiro atoms. The second-order valence-corrected chi connectivity index (χ2v) is 9.44. The minimum atomic E-state index is -0.529. The van der Waals surface area contributed by atoms with Gasteiger partial charge < -0.3 is 24.8 Å². The summed E-state index contributed by atoms with van der Waals surface area (Å²) in [6.07, 6.45) is 4.48. The molecule has 0 radical (unpaired) electrons. The summed E-state index contributed by atoms with van der Waals surface area (Å²) in [5, 5.41) is 6.80. The van der Waals surface area contributed by atoms with Crippen LogP contribution in [0.25, 0.3) is 27.8 Å². The Morgan fingerprint density at radius 2 is 1.78 bits per heavy atom. The number of anilines is 3. The van der Waals surface area contributed by atoms with Gasteiger partial charge in [0, 0.05) is 42.1 Å². The SMILES string of the molecule is C=CC(=O)Nc1cc(F)ccc1Nc1ncc2cc(-c3c(Cl)c(OC)cc(OC)c3Cl)c3nc(COC)cn3c2n1. The number of pyridine rings is 1. The molecule has 210 valence electrons. The zero-order valence-electron chi connectivity index (χ0n) is 22.1. The third kappa shape index (κ3) is 5.34. The number of benzene rings is 2. The van der Waals surface area contributed by atoms with E-state index in [0.29, 0.717) is 50.7 Å². The van der Waals surface area contributed by atoms with Crippen LogP contribution in [0.3, 0.4) is 0 Å². The summed E-state index contributed by atoms with van der Waals surface area (Å²) in [5.74, 6) is -0.0889. The van der Waals surface area contributed by atoms with Crippen molar-refractivity contribution in [2.75, 3.05) is 32.0 Å². The zero-order valence-corrected chi connectivity index (χ0v) is 23.6. The molecule has 3 heterocycles. The summed E-state index contributed by atoms with van der Waals surface area (Å²) in [7, 11) is 4.57. The van der Waals surface area contributed by atoms with E-state index in [1.165, 1.54) is 32.4 Å². The maximum atomic E-state index is 13.9. The highest BCUT2D eigenvalue weighted by Crippen LogP contribution is 2.47. The van der Waals surface area contributed by atoms with E-state index in [9.17, 15) is 9.18 Å². The molecule has 10 nitrogen and oxygen atoms in total. The minimum Gasteiger partial charge on any atom is -0.495 e. The van der Waals surface area contributed by atoms with Crippen LogP contribution in [-0.4, -0.2) is 46.6 Å². The van der Waals surface area contributed by atoms with Crippen LogP contribution in [0.2, 0.25) is 10.0 Å². The van der Waals surface area contributed by atoms with Crippen LogP contribution in [0.5, 0.6) is 11.5 Å². The number of hydrogen-bond acceptors (Lipinski definition) is 8. The van der Waals surface area contributed by atoms with Crippen molar-refractivity contribution in [1.82, 2.24) is 19.4 Å². The summed E-state index contributed by atoms with van der Waals surface area (Å²) in [4.78, 5) is 25.8. The van der Waals surface area contributed by atoms with E-state index in [-0.39, 0.29) is 28.3 Å². The van der Waals surface area contributed by atoms with E-state index in [1.807, 2.05) is 6.07 Å². The molecule has 0 unspecified atom stereocenters. The number of amides is 1. The lowest BCUT2D eigenvalue weighted by Crippen LogP contribution is -2.10. The summed E-state index contributed by atoms with van der Waals surface area (Å²) < 4.78 is 31.9. The Hall–Kier alpha value is -4.45. The van der Waals surface area contributed by atoms with Gasteiger partial charge in [0.15, 0.2) is 5.65 Å². The van der Waals surface area contributed by atoms with Gasteiger partial charge in [-0.2, -0.15) is 4.98 Å². The minimum absolute atomic E-state index is 0.188. The number of halogens is 3. The number of fused-ring (bicyclic) bond motifs is 3. The van der Waals surface area contributed by atoms with Crippen molar-refractivity contribution in [3.8, 4) is 22.6 Å². The molecule has 2 N–H and O–H groups in total. The van der Waals surface area contributed by atoms with E-state index >= 15 is 0 Å². The third-order valence-corrected chi connectivity index (χ3v) is 6.88. The molecule has 0 saturated heterocycles. The average molecular weight is 597 g/mol. The van der Waals surface area contributed by atoms with Crippen LogP contribution in [0.15, 0.2) is 55.4 Å². The Morgan fingerprint density at radius 1 is 1.05 bits per heavy atom. The normalized spacial score (nSPS) is 11.1. The third-order valence-electron chi connectivity index (χ3n) is 6.13. The van der Waals surface area contributed by atoms with E-state index in [1.54, 1.807) is 30.0 Å². The topological polar surface area (TPSA) is 112 Å². The summed E-state index contributed by atoms with van der Waals surface area (Å²) in [6.45, 7) is 3.67. The quantitative estimate of drug-likeness (QED) is 0.187. The molecule has 0 saturated carbocycles. The average Bonchev–Trinajstić information content (AvgIpc) is 3.39. The Labute approximate surface area is 243 Å². The van der Waals surface area contributed by atoms with E-state index in [0.717, 1.165) is 6.08 Å². The van der Waals surface area contributed by atoms with Crippen LogP contribution < -0.4 is 20.1 Å². The number of ether oxygens (including phenoxy) is 3. The fourth-order valence-corrected chi connectivity index (χ4v) is 5.00. The molecule has 0 bridgehead atoms. The fraction of sp³-hybridized carbons (Fsp3) is 0.143. The van der Waals surface area contributed by atoms with Crippen LogP contribution >= 0.6 is 23.2 Å². The predicted octanol–water partition coefficient (Wildman–Crippen LogP) is 6.42. The first-order valence-corrected chi connectivity index (χ1v) is 12.8. The van der Waals surface area contributed by atoms with Gasteiger partial charge in [-0.15, -0.1) is 0 Å². The van der Waals surface area contributed by atoms with Crippen molar-refractivity contribution in [2.24, 2.45) is 0 Å². The molecule has 41 heavy (non-hydrogen) atoms. The van der Waals surface area contributed by atoms with E-state index < -0.39 is 11.7 Å². The van der Waals surface area contributed by atoms with Gasteiger partial charge in [-0.1, -0.05) is 29.8 Å². The lowest BCUT2D eigenvalue weighted by molar-refractivity contribution is -0.111. The number of imidazole rings is 1. The van der Waals surface area contributed by atoms with Gasteiger partial charge in [0.1, 0.15) is 23.0 Å². The van der Waals surface area contributed by atoms with Crippen LogP contribution in [0.4, 0.5) is 21.7 Å². The molecule has 0 fully saturated rings. The van der Waals surface area contributed by atoms with Gasteiger partial charge in [-0.3, -0.25) is 9.20 Å². The molecule has 5 aromatic rings. The maximum Gasteiger partial charge on any atom is 0.247 e. The second-order valence-electron chi connectivity index (χ2n) is 8.68. The Kier molecular flexibility index (Phi) is 7.93. The van der Waals surface area contributed by atoms with Crippen LogP contribution in [-0.2, 0) is 16.1 Å². The first-order valence-electron chi connectivity index (χ1n) is 12.0. The molecule has 1 amide bonds. The van der Waals surface area contributed by atoms with Crippen molar-refractivity contribution >= 4 is 63.1 Å². The lowest BCUT2D eigenvalue weighted by atomic mass is 10.0. The van der Waals surface area contributed by atoms with Gasteiger partial charge in [-0.05, 0) is 30.3 Å². The van der Waals surface area contributed by atoms with Gasteiger partial charge in [0.25, 0.3) is 0 Å². The number of carbonyl (C=O) groups is 1. The molecule has 13 heteroatoms. The largest absolute Gasteiger partial charge is 0.495 e. The number of rotatable bonds is 9. The number of nitrogens with zero attached hydrogens (tertiary/aromatic N) is 4. The molecule has 2 aromatic carbocycles. The van der Waals surface area contributed by atoms with E-state index in [4.69, 9.17) is 47.4 Å². The monoisotopic (exact) mass is 596 g/mol.